The second kappa shape index (κ2) is 7.98. The molecule has 0 aliphatic heterocycles. The maximum Gasteiger partial charge on any atom is 0.333 e. The van der Waals surface area contributed by atoms with Gasteiger partial charge in [0, 0.05) is 5.57 Å². The van der Waals surface area contributed by atoms with Gasteiger partial charge in [-0.15, -0.1) is 0 Å². The quantitative estimate of drug-likeness (QED) is 0.236. The van der Waals surface area contributed by atoms with E-state index in [-0.39, 0.29) is 5.97 Å². The van der Waals surface area contributed by atoms with Gasteiger partial charge >= 0.3 is 5.97 Å². The van der Waals surface area contributed by atoms with Crippen molar-refractivity contribution in [3.05, 3.63) is 72.3 Å². The second-order valence-corrected chi connectivity index (χ2v) is 6.52. The maximum atomic E-state index is 11.4. The first-order chi connectivity index (χ1) is 12.2. The predicted octanol–water partition coefficient (Wildman–Crippen LogP) is 5.83. The first-order valence-corrected chi connectivity index (χ1v) is 8.89. The molecule has 3 aromatic carbocycles. The van der Waals surface area contributed by atoms with E-state index < -0.39 is 0 Å². The van der Waals surface area contributed by atoms with Crippen LogP contribution in [0.5, 0.6) is 0 Å². The molecule has 25 heavy (non-hydrogen) atoms. The molecule has 0 bridgehead atoms. The zero-order valence-electron chi connectivity index (χ0n) is 14.8. The summed E-state index contributed by atoms with van der Waals surface area (Å²) in [6.45, 7) is 5.74. The minimum Gasteiger partial charge on any atom is -0.462 e. The molecule has 128 valence electrons. The summed E-state index contributed by atoms with van der Waals surface area (Å²) in [5.41, 5.74) is 1.88. The number of hydrogen-bond donors (Lipinski definition) is 0. The third-order valence-corrected chi connectivity index (χ3v) is 4.54. The fraction of sp³-hybridized carbons (Fsp3) is 0.261. The number of carbonyl (C=O) groups is 1. The highest BCUT2D eigenvalue weighted by Gasteiger charge is 2.07. The van der Waals surface area contributed by atoms with E-state index >= 15 is 0 Å². The largest absolute Gasteiger partial charge is 0.462 e. The van der Waals surface area contributed by atoms with Crippen molar-refractivity contribution in [1.29, 1.82) is 0 Å². The number of esters is 1. The molecule has 0 aliphatic carbocycles. The van der Waals surface area contributed by atoms with Gasteiger partial charge in [-0.1, -0.05) is 55.1 Å². The highest BCUT2D eigenvalue weighted by atomic mass is 16.5. The molecule has 0 aromatic heterocycles. The number of aryl methyl sites for hydroxylation is 1. The molecular formula is C23H24O2. The smallest absolute Gasteiger partial charge is 0.333 e. The Kier molecular flexibility index (Phi) is 5.49. The predicted molar refractivity (Wildman–Crippen MR) is 105 cm³/mol. The van der Waals surface area contributed by atoms with Crippen LogP contribution in [0.1, 0.15) is 31.7 Å². The Morgan fingerprint density at radius 1 is 0.920 bits per heavy atom. The van der Waals surface area contributed by atoms with Gasteiger partial charge in [-0.2, -0.15) is 0 Å². The second-order valence-electron chi connectivity index (χ2n) is 6.52. The topological polar surface area (TPSA) is 26.3 Å². The van der Waals surface area contributed by atoms with Crippen LogP contribution in [-0.2, 0) is 16.0 Å². The number of hydrogen-bond acceptors (Lipinski definition) is 2. The summed E-state index contributed by atoms with van der Waals surface area (Å²) in [5.74, 6) is -0.292. The molecule has 0 radical (unpaired) electrons. The van der Waals surface area contributed by atoms with E-state index in [1.807, 2.05) is 0 Å². The van der Waals surface area contributed by atoms with Crippen molar-refractivity contribution in [2.75, 3.05) is 6.61 Å². The van der Waals surface area contributed by atoms with Gasteiger partial charge in [0.15, 0.2) is 0 Å². The summed E-state index contributed by atoms with van der Waals surface area (Å²) in [4.78, 5) is 11.4. The number of benzene rings is 3. The van der Waals surface area contributed by atoms with E-state index in [9.17, 15) is 4.79 Å². The van der Waals surface area contributed by atoms with E-state index in [4.69, 9.17) is 4.74 Å². The molecule has 0 aliphatic rings. The molecule has 2 heteroatoms. The van der Waals surface area contributed by atoms with Crippen molar-refractivity contribution in [3.8, 4) is 0 Å². The van der Waals surface area contributed by atoms with Gasteiger partial charge in [0.2, 0.25) is 0 Å². The Hall–Kier alpha value is -2.61. The van der Waals surface area contributed by atoms with Crippen LogP contribution in [0.15, 0.2) is 66.7 Å². The van der Waals surface area contributed by atoms with Gasteiger partial charge in [0.05, 0.1) is 6.61 Å². The summed E-state index contributed by atoms with van der Waals surface area (Å²) in [6.07, 6.45) is 4.06. The highest BCUT2D eigenvalue weighted by Crippen LogP contribution is 2.29. The molecule has 3 rings (SSSR count). The standard InChI is InChI=1S/C23H24O2/c1-17(2)23(24)25-15-9-3-4-14-22-20-12-7-5-10-18(20)16-19-11-6-8-13-21(19)22/h5-8,10-13,16H,1,3-4,9,14-15H2,2H3. The summed E-state index contributed by atoms with van der Waals surface area (Å²) in [6, 6.07) is 19.5. The summed E-state index contributed by atoms with van der Waals surface area (Å²) in [5, 5.41) is 5.28. The SMILES string of the molecule is C=C(C)C(=O)OCCCCCc1c2ccccc2cc2ccccc12. The van der Waals surface area contributed by atoms with E-state index in [0.717, 1.165) is 25.7 Å². The number of rotatable bonds is 7. The Bertz CT molecular complexity index is 854. The molecule has 0 saturated heterocycles. The average molecular weight is 332 g/mol. The van der Waals surface area contributed by atoms with Gasteiger partial charge in [0.1, 0.15) is 0 Å². The zero-order chi connectivity index (χ0) is 17.6. The molecule has 2 nitrogen and oxygen atoms in total. The number of ether oxygens (including phenoxy) is 1. The normalized spacial score (nSPS) is 10.9. The Labute approximate surface area is 149 Å². The van der Waals surface area contributed by atoms with E-state index in [1.165, 1.54) is 27.1 Å². The van der Waals surface area contributed by atoms with E-state index in [2.05, 4.69) is 61.2 Å². The molecule has 0 fully saturated rings. The minimum atomic E-state index is -0.292. The fourth-order valence-corrected chi connectivity index (χ4v) is 3.25. The molecule has 0 saturated carbocycles. The van der Waals surface area contributed by atoms with Gasteiger partial charge in [-0.3, -0.25) is 0 Å². The van der Waals surface area contributed by atoms with Crippen molar-refractivity contribution in [2.24, 2.45) is 0 Å². The Morgan fingerprint density at radius 2 is 1.52 bits per heavy atom. The number of fused-ring (bicyclic) bond motifs is 2. The third-order valence-electron chi connectivity index (χ3n) is 4.54. The van der Waals surface area contributed by atoms with Crippen LogP contribution in [0, 0.1) is 0 Å². The number of carbonyl (C=O) groups excluding carboxylic acids is 1. The van der Waals surface area contributed by atoms with E-state index in [1.54, 1.807) is 6.92 Å². The van der Waals surface area contributed by atoms with Crippen LogP contribution in [0.4, 0.5) is 0 Å². The lowest BCUT2D eigenvalue weighted by molar-refractivity contribution is -0.139. The first kappa shape index (κ1) is 17.2. The lowest BCUT2D eigenvalue weighted by atomic mass is 9.93. The molecule has 0 atom stereocenters. The zero-order valence-corrected chi connectivity index (χ0v) is 14.8. The Morgan fingerprint density at radius 3 is 2.12 bits per heavy atom. The maximum absolute atomic E-state index is 11.4. The monoisotopic (exact) mass is 332 g/mol. The molecule has 3 aromatic rings. The molecular weight excluding hydrogens is 308 g/mol. The van der Waals surface area contributed by atoms with Gasteiger partial charge in [-0.25, -0.2) is 4.79 Å². The van der Waals surface area contributed by atoms with Crippen molar-refractivity contribution in [1.82, 2.24) is 0 Å². The minimum absolute atomic E-state index is 0.292. The lowest BCUT2D eigenvalue weighted by Gasteiger charge is -2.12. The van der Waals surface area contributed by atoms with Crippen LogP contribution in [-0.4, -0.2) is 12.6 Å². The van der Waals surface area contributed by atoms with Gasteiger partial charge < -0.3 is 4.74 Å². The average Bonchev–Trinajstić information content (AvgIpc) is 2.63. The fourth-order valence-electron chi connectivity index (χ4n) is 3.25. The summed E-state index contributed by atoms with van der Waals surface area (Å²) >= 11 is 0. The van der Waals surface area contributed by atoms with Crippen LogP contribution in [0.3, 0.4) is 0 Å². The van der Waals surface area contributed by atoms with Crippen molar-refractivity contribution < 1.29 is 9.53 Å². The van der Waals surface area contributed by atoms with Crippen LogP contribution < -0.4 is 0 Å². The van der Waals surface area contributed by atoms with Crippen molar-refractivity contribution in [3.63, 3.8) is 0 Å². The van der Waals surface area contributed by atoms with Crippen LogP contribution in [0.25, 0.3) is 21.5 Å². The molecule has 0 heterocycles. The van der Waals surface area contributed by atoms with Crippen LogP contribution in [0.2, 0.25) is 0 Å². The third kappa shape index (κ3) is 4.08. The lowest BCUT2D eigenvalue weighted by Crippen LogP contribution is -2.06. The number of unbranched alkanes of at least 4 members (excludes halogenated alkanes) is 2. The molecule has 0 N–H and O–H groups in total. The molecule has 0 unspecified atom stereocenters. The highest BCUT2D eigenvalue weighted by molar-refractivity contribution is 6.02. The van der Waals surface area contributed by atoms with E-state index in [0.29, 0.717) is 12.2 Å². The van der Waals surface area contributed by atoms with Crippen LogP contribution >= 0.6 is 0 Å². The van der Waals surface area contributed by atoms with Crippen molar-refractivity contribution in [2.45, 2.75) is 32.6 Å². The molecule has 0 spiro atoms. The first-order valence-electron chi connectivity index (χ1n) is 8.89. The Balaban J connectivity index is 1.68. The van der Waals surface area contributed by atoms with Gasteiger partial charge in [-0.05, 0) is 65.8 Å². The molecule has 0 amide bonds. The summed E-state index contributed by atoms with van der Waals surface area (Å²) < 4.78 is 5.16. The summed E-state index contributed by atoms with van der Waals surface area (Å²) in [7, 11) is 0. The van der Waals surface area contributed by atoms with Crippen molar-refractivity contribution >= 4 is 27.5 Å². The van der Waals surface area contributed by atoms with Gasteiger partial charge in [0.25, 0.3) is 0 Å².